The molecule has 6 heteroatoms. The van der Waals surface area contributed by atoms with Crippen LogP contribution in [0, 0.1) is 0 Å². The number of nitrogens with zero attached hydrogens (tertiary/aromatic N) is 2. The average molecular weight is 261 g/mol. The molecule has 1 aromatic heterocycles. The van der Waals surface area contributed by atoms with E-state index < -0.39 is 12.6 Å². The average Bonchev–Trinajstić information content (AvgIpc) is 3.02. The lowest BCUT2D eigenvalue weighted by atomic mass is 10.2. The lowest BCUT2D eigenvalue weighted by molar-refractivity contribution is -0.135. The highest BCUT2D eigenvalue weighted by Crippen LogP contribution is 2.35. The summed E-state index contributed by atoms with van der Waals surface area (Å²) < 4.78 is 37.9. The van der Waals surface area contributed by atoms with Gasteiger partial charge in [0.2, 0.25) is 0 Å². The molecule has 1 aliphatic rings. The Morgan fingerprint density at radius 2 is 2.11 bits per heavy atom. The van der Waals surface area contributed by atoms with Gasteiger partial charge in [-0.3, -0.25) is 0 Å². The Labute approximate surface area is 104 Å². The van der Waals surface area contributed by atoms with Gasteiger partial charge in [-0.2, -0.15) is 13.2 Å². The molecule has 1 aliphatic carbocycles. The van der Waals surface area contributed by atoms with Gasteiger partial charge in [0.05, 0.1) is 12.0 Å². The molecule has 0 radical (unpaired) electrons. The SMILES string of the molecule is FC(F)(F)CCCCNCc1cncn1C1CC1. The van der Waals surface area contributed by atoms with Crippen molar-refractivity contribution in [2.45, 2.75) is 50.9 Å². The van der Waals surface area contributed by atoms with Crippen molar-refractivity contribution in [2.24, 2.45) is 0 Å². The molecule has 0 amide bonds. The Morgan fingerprint density at radius 1 is 1.33 bits per heavy atom. The Hall–Kier alpha value is -1.04. The smallest absolute Gasteiger partial charge is 0.330 e. The van der Waals surface area contributed by atoms with E-state index in [0.29, 0.717) is 25.6 Å². The Kier molecular flexibility index (Phi) is 4.27. The van der Waals surface area contributed by atoms with Gasteiger partial charge in [-0.25, -0.2) is 4.98 Å². The quantitative estimate of drug-likeness (QED) is 0.764. The molecule has 0 aromatic carbocycles. The highest BCUT2D eigenvalue weighted by molar-refractivity contribution is 5.03. The lowest BCUT2D eigenvalue weighted by Crippen LogP contribution is -2.17. The topological polar surface area (TPSA) is 29.9 Å². The minimum Gasteiger partial charge on any atom is -0.330 e. The van der Waals surface area contributed by atoms with Crippen molar-refractivity contribution in [1.82, 2.24) is 14.9 Å². The van der Waals surface area contributed by atoms with Gasteiger partial charge in [0.25, 0.3) is 0 Å². The van der Waals surface area contributed by atoms with Crippen LogP contribution < -0.4 is 5.32 Å². The van der Waals surface area contributed by atoms with Crippen LogP contribution in [0.3, 0.4) is 0 Å². The number of rotatable bonds is 7. The number of hydrogen-bond acceptors (Lipinski definition) is 2. The van der Waals surface area contributed by atoms with Crippen molar-refractivity contribution in [3.8, 4) is 0 Å². The molecule has 1 fully saturated rings. The first kappa shape index (κ1) is 13.4. The Morgan fingerprint density at radius 3 is 2.78 bits per heavy atom. The normalized spacial score (nSPS) is 16.2. The molecule has 18 heavy (non-hydrogen) atoms. The summed E-state index contributed by atoms with van der Waals surface area (Å²) in [5.41, 5.74) is 1.12. The van der Waals surface area contributed by atoms with Crippen LogP contribution in [0.15, 0.2) is 12.5 Å². The first-order valence-corrected chi connectivity index (χ1v) is 6.34. The van der Waals surface area contributed by atoms with E-state index in [9.17, 15) is 13.2 Å². The molecular formula is C12H18F3N3. The van der Waals surface area contributed by atoms with E-state index in [4.69, 9.17) is 0 Å². The minimum atomic E-state index is -4.02. The van der Waals surface area contributed by atoms with Gasteiger partial charge >= 0.3 is 6.18 Å². The van der Waals surface area contributed by atoms with Crippen molar-refractivity contribution >= 4 is 0 Å². The number of imidazole rings is 1. The van der Waals surface area contributed by atoms with E-state index in [0.717, 1.165) is 5.69 Å². The van der Waals surface area contributed by atoms with E-state index in [1.54, 1.807) is 0 Å². The monoisotopic (exact) mass is 261 g/mol. The Bertz CT molecular complexity index is 369. The molecule has 0 saturated heterocycles. The second kappa shape index (κ2) is 5.73. The van der Waals surface area contributed by atoms with Crippen LogP contribution >= 0.6 is 0 Å². The van der Waals surface area contributed by atoms with Gasteiger partial charge in [-0.05, 0) is 32.2 Å². The maximum atomic E-state index is 11.9. The molecule has 1 N–H and O–H groups in total. The number of aromatic nitrogens is 2. The highest BCUT2D eigenvalue weighted by atomic mass is 19.4. The van der Waals surface area contributed by atoms with E-state index >= 15 is 0 Å². The zero-order chi connectivity index (χ0) is 13.0. The zero-order valence-corrected chi connectivity index (χ0v) is 10.2. The van der Waals surface area contributed by atoms with Crippen molar-refractivity contribution < 1.29 is 13.2 Å². The molecule has 1 heterocycles. The molecule has 0 aliphatic heterocycles. The number of halogens is 3. The molecule has 2 rings (SSSR count). The predicted molar refractivity (Wildman–Crippen MR) is 62.1 cm³/mol. The minimum absolute atomic E-state index is 0.193. The number of unbranched alkanes of at least 4 members (excludes halogenated alkanes) is 1. The lowest BCUT2D eigenvalue weighted by Gasteiger charge is -2.08. The highest BCUT2D eigenvalue weighted by Gasteiger charge is 2.26. The van der Waals surface area contributed by atoms with Crippen molar-refractivity contribution in [3.05, 3.63) is 18.2 Å². The fourth-order valence-electron chi connectivity index (χ4n) is 1.94. The fraction of sp³-hybridized carbons (Fsp3) is 0.750. The van der Waals surface area contributed by atoms with Crippen LogP contribution in [-0.4, -0.2) is 22.3 Å². The summed E-state index contributed by atoms with van der Waals surface area (Å²) in [5, 5.41) is 3.17. The van der Waals surface area contributed by atoms with Gasteiger partial charge in [-0.1, -0.05) is 0 Å². The molecule has 0 atom stereocenters. The van der Waals surface area contributed by atoms with Gasteiger partial charge in [-0.15, -0.1) is 0 Å². The Balaban J connectivity index is 1.59. The van der Waals surface area contributed by atoms with Crippen molar-refractivity contribution in [1.29, 1.82) is 0 Å². The summed E-state index contributed by atoms with van der Waals surface area (Å²) >= 11 is 0. The third-order valence-electron chi connectivity index (χ3n) is 3.06. The first-order valence-electron chi connectivity index (χ1n) is 6.34. The second-order valence-electron chi connectivity index (χ2n) is 4.77. The first-order chi connectivity index (χ1) is 8.56. The van der Waals surface area contributed by atoms with E-state index in [1.165, 1.54) is 12.8 Å². The molecule has 0 unspecified atom stereocenters. The summed E-state index contributed by atoms with van der Waals surface area (Å²) in [7, 11) is 0. The largest absolute Gasteiger partial charge is 0.389 e. The molecule has 0 bridgehead atoms. The van der Waals surface area contributed by atoms with E-state index in [2.05, 4.69) is 14.9 Å². The van der Waals surface area contributed by atoms with Gasteiger partial charge < -0.3 is 9.88 Å². The maximum absolute atomic E-state index is 11.9. The standard InChI is InChI=1S/C12H18F3N3/c13-12(14,15)5-1-2-6-16-7-11-8-17-9-18(11)10-3-4-10/h8-10,16H,1-7H2. The third-order valence-corrected chi connectivity index (χ3v) is 3.06. The summed E-state index contributed by atoms with van der Waals surface area (Å²) in [6.45, 7) is 1.30. The molecule has 102 valence electrons. The molecule has 0 spiro atoms. The van der Waals surface area contributed by atoms with Gasteiger partial charge in [0, 0.05) is 25.2 Å². The van der Waals surface area contributed by atoms with Gasteiger partial charge in [0.15, 0.2) is 0 Å². The van der Waals surface area contributed by atoms with Crippen LogP contribution in [0.4, 0.5) is 13.2 Å². The summed E-state index contributed by atoms with van der Waals surface area (Å²) in [6.07, 6.45) is 2.10. The fourth-order valence-corrected chi connectivity index (χ4v) is 1.94. The molecule has 1 aromatic rings. The summed E-state index contributed by atoms with van der Waals surface area (Å²) in [6, 6.07) is 0.592. The number of nitrogens with one attached hydrogen (secondary N) is 1. The summed E-state index contributed by atoms with van der Waals surface area (Å²) in [5.74, 6) is 0. The van der Waals surface area contributed by atoms with Crippen LogP contribution in [0.5, 0.6) is 0 Å². The number of hydrogen-bond donors (Lipinski definition) is 1. The van der Waals surface area contributed by atoms with Crippen LogP contribution in [-0.2, 0) is 6.54 Å². The second-order valence-corrected chi connectivity index (χ2v) is 4.77. The third kappa shape index (κ3) is 4.33. The van der Waals surface area contributed by atoms with E-state index in [1.807, 2.05) is 12.5 Å². The van der Waals surface area contributed by atoms with Crippen LogP contribution in [0.2, 0.25) is 0 Å². The van der Waals surface area contributed by atoms with Crippen molar-refractivity contribution in [2.75, 3.05) is 6.54 Å². The van der Waals surface area contributed by atoms with Crippen LogP contribution in [0.25, 0.3) is 0 Å². The zero-order valence-electron chi connectivity index (χ0n) is 10.2. The van der Waals surface area contributed by atoms with E-state index in [-0.39, 0.29) is 6.42 Å². The summed E-state index contributed by atoms with van der Waals surface area (Å²) in [4.78, 5) is 4.10. The maximum Gasteiger partial charge on any atom is 0.389 e. The molecular weight excluding hydrogens is 243 g/mol. The number of alkyl halides is 3. The van der Waals surface area contributed by atoms with Crippen molar-refractivity contribution in [3.63, 3.8) is 0 Å². The predicted octanol–water partition coefficient (Wildman–Crippen LogP) is 3.04. The molecule has 1 saturated carbocycles. The van der Waals surface area contributed by atoms with Crippen LogP contribution in [0.1, 0.15) is 43.8 Å². The molecule has 3 nitrogen and oxygen atoms in total. The van der Waals surface area contributed by atoms with Gasteiger partial charge in [0.1, 0.15) is 0 Å².